The number of aryl methyl sites for hydroxylation is 1. The van der Waals surface area contributed by atoms with Gasteiger partial charge in [-0.2, -0.15) is 0 Å². The summed E-state index contributed by atoms with van der Waals surface area (Å²) >= 11 is 11.6. The second kappa shape index (κ2) is 4.85. The standard InChI is InChI=1S/C10H12Cl2O/c1-7(13)2-3-8-4-9(11)6-10(12)5-8/h4-7,13H,2-3H2,1H3. The minimum atomic E-state index is -0.280. The van der Waals surface area contributed by atoms with Crippen LogP contribution in [0.1, 0.15) is 18.9 Å². The first-order valence-electron chi connectivity index (χ1n) is 4.21. The molecule has 1 atom stereocenters. The van der Waals surface area contributed by atoms with Crippen molar-refractivity contribution in [3.8, 4) is 0 Å². The highest BCUT2D eigenvalue weighted by Gasteiger charge is 2.00. The smallest absolute Gasteiger partial charge is 0.0515 e. The molecule has 1 aromatic rings. The largest absolute Gasteiger partial charge is 0.393 e. The van der Waals surface area contributed by atoms with Gasteiger partial charge in [0.15, 0.2) is 0 Å². The van der Waals surface area contributed by atoms with Crippen LogP contribution in [0, 0.1) is 0 Å². The predicted octanol–water partition coefficient (Wildman–Crippen LogP) is 3.31. The van der Waals surface area contributed by atoms with Gasteiger partial charge in [-0.25, -0.2) is 0 Å². The summed E-state index contributed by atoms with van der Waals surface area (Å²) in [5.74, 6) is 0. The molecule has 1 nitrogen and oxygen atoms in total. The molecule has 1 N–H and O–H groups in total. The first-order chi connectivity index (χ1) is 6.08. The van der Waals surface area contributed by atoms with E-state index >= 15 is 0 Å². The second-order valence-electron chi connectivity index (χ2n) is 3.17. The summed E-state index contributed by atoms with van der Waals surface area (Å²) in [6.07, 6.45) is 1.26. The van der Waals surface area contributed by atoms with E-state index < -0.39 is 0 Å². The highest BCUT2D eigenvalue weighted by atomic mass is 35.5. The lowest BCUT2D eigenvalue weighted by Gasteiger charge is -2.05. The molecule has 0 aliphatic heterocycles. The van der Waals surface area contributed by atoms with Crippen molar-refractivity contribution in [1.82, 2.24) is 0 Å². The van der Waals surface area contributed by atoms with E-state index in [0.717, 1.165) is 18.4 Å². The van der Waals surface area contributed by atoms with Gasteiger partial charge in [0.25, 0.3) is 0 Å². The van der Waals surface area contributed by atoms with Crippen molar-refractivity contribution in [1.29, 1.82) is 0 Å². The fourth-order valence-corrected chi connectivity index (χ4v) is 1.70. The van der Waals surface area contributed by atoms with Crippen molar-refractivity contribution >= 4 is 23.2 Å². The van der Waals surface area contributed by atoms with Crippen LogP contribution in [0.4, 0.5) is 0 Å². The van der Waals surface area contributed by atoms with Crippen LogP contribution in [0.3, 0.4) is 0 Å². The third-order valence-corrected chi connectivity index (χ3v) is 2.21. The summed E-state index contributed by atoms with van der Waals surface area (Å²) in [5.41, 5.74) is 1.07. The summed E-state index contributed by atoms with van der Waals surface area (Å²) in [4.78, 5) is 0. The van der Waals surface area contributed by atoms with Gasteiger partial charge in [-0.3, -0.25) is 0 Å². The van der Waals surface area contributed by atoms with Crippen LogP contribution >= 0.6 is 23.2 Å². The third kappa shape index (κ3) is 3.99. The number of halogens is 2. The van der Waals surface area contributed by atoms with E-state index in [9.17, 15) is 0 Å². The van der Waals surface area contributed by atoms with Gasteiger partial charge in [0.05, 0.1) is 6.10 Å². The Labute approximate surface area is 88.3 Å². The number of aliphatic hydroxyl groups is 1. The number of aliphatic hydroxyl groups excluding tert-OH is 1. The summed E-state index contributed by atoms with van der Waals surface area (Å²) in [6.45, 7) is 1.77. The number of hydrogen-bond acceptors (Lipinski definition) is 1. The molecule has 0 bridgehead atoms. The van der Waals surface area contributed by atoms with E-state index in [1.807, 2.05) is 12.1 Å². The van der Waals surface area contributed by atoms with Crippen LogP contribution in [-0.2, 0) is 6.42 Å². The third-order valence-electron chi connectivity index (χ3n) is 1.77. The Balaban J connectivity index is 2.66. The molecule has 1 rings (SSSR count). The average Bonchev–Trinajstić information content (AvgIpc) is 1.99. The fraction of sp³-hybridized carbons (Fsp3) is 0.400. The molecule has 0 radical (unpaired) electrons. The maximum Gasteiger partial charge on any atom is 0.0515 e. The average molecular weight is 219 g/mol. The quantitative estimate of drug-likeness (QED) is 0.826. The van der Waals surface area contributed by atoms with Crippen LogP contribution in [0.2, 0.25) is 10.0 Å². The van der Waals surface area contributed by atoms with Gasteiger partial charge >= 0.3 is 0 Å². The highest BCUT2D eigenvalue weighted by molar-refractivity contribution is 6.34. The van der Waals surface area contributed by atoms with Crippen LogP contribution < -0.4 is 0 Å². The summed E-state index contributed by atoms with van der Waals surface area (Å²) in [6, 6.07) is 5.45. The van der Waals surface area contributed by atoms with E-state index in [4.69, 9.17) is 28.3 Å². The first-order valence-corrected chi connectivity index (χ1v) is 4.96. The molecule has 3 heteroatoms. The van der Waals surface area contributed by atoms with E-state index in [-0.39, 0.29) is 6.10 Å². The number of rotatable bonds is 3. The minimum absolute atomic E-state index is 0.280. The Bertz CT molecular complexity index is 264. The van der Waals surface area contributed by atoms with Crippen molar-refractivity contribution in [3.63, 3.8) is 0 Å². The van der Waals surface area contributed by atoms with E-state index in [1.54, 1.807) is 13.0 Å². The Morgan fingerprint density at radius 2 is 1.77 bits per heavy atom. The molecule has 0 aromatic heterocycles. The highest BCUT2D eigenvalue weighted by Crippen LogP contribution is 2.20. The van der Waals surface area contributed by atoms with Gasteiger partial charge in [0.2, 0.25) is 0 Å². The molecular weight excluding hydrogens is 207 g/mol. The monoisotopic (exact) mass is 218 g/mol. The van der Waals surface area contributed by atoms with Gasteiger partial charge in [0, 0.05) is 10.0 Å². The van der Waals surface area contributed by atoms with Crippen LogP contribution in [-0.4, -0.2) is 11.2 Å². The SMILES string of the molecule is CC(O)CCc1cc(Cl)cc(Cl)c1. The van der Waals surface area contributed by atoms with Crippen molar-refractivity contribution < 1.29 is 5.11 Å². The normalized spacial score (nSPS) is 12.9. The Morgan fingerprint density at radius 1 is 1.23 bits per heavy atom. The minimum Gasteiger partial charge on any atom is -0.393 e. The maximum absolute atomic E-state index is 9.09. The van der Waals surface area contributed by atoms with Crippen LogP contribution in [0.25, 0.3) is 0 Å². The van der Waals surface area contributed by atoms with Crippen molar-refractivity contribution in [2.24, 2.45) is 0 Å². The molecular formula is C10H12Cl2O. The van der Waals surface area contributed by atoms with Gasteiger partial charge in [-0.05, 0) is 43.5 Å². The molecule has 1 aromatic carbocycles. The number of hydrogen-bond donors (Lipinski definition) is 1. The van der Waals surface area contributed by atoms with Crippen molar-refractivity contribution in [3.05, 3.63) is 33.8 Å². The lowest BCUT2D eigenvalue weighted by Crippen LogP contribution is -2.01. The van der Waals surface area contributed by atoms with Crippen LogP contribution in [0.5, 0.6) is 0 Å². The summed E-state index contributed by atoms with van der Waals surface area (Å²) in [7, 11) is 0. The maximum atomic E-state index is 9.09. The lowest BCUT2D eigenvalue weighted by atomic mass is 10.1. The van der Waals surface area contributed by atoms with Gasteiger partial charge in [0.1, 0.15) is 0 Å². The van der Waals surface area contributed by atoms with Crippen LogP contribution in [0.15, 0.2) is 18.2 Å². The van der Waals surface area contributed by atoms with E-state index in [1.165, 1.54) is 0 Å². The molecule has 0 spiro atoms. The molecule has 0 fully saturated rings. The zero-order valence-electron chi connectivity index (χ0n) is 7.43. The summed E-state index contributed by atoms with van der Waals surface area (Å²) < 4.78 is 0. The van der Waals surface area contributed by atoms with E-state index in [2.05, 4.69) is 0 Å². The molecule has 72 valence electrons. The second-order valence-corrected chi connectivity index (χ2v) is 4.04. The molecule has 0 aliphatic rings. The zero-order valence-corrected chi connectivity index (χ0v) is 8.94. The Morgan fingerprint density at radius 3 is 2.23 bits per heavy atom. The predicted molar refractivity (Wildman–Crippen MR) is 56.5 cm³/mol. The fourth-order valence-electron chi connectivity index (χ4n) is 1.13. The summed E-state index contributed by atoms with van der Waals surface area (Å²) in [5, 5.41) is 10.4. The lowest BCUT2D eigenvalue weighted by molar-refractivity contribution is 0.185. The molecule has 0 saturated carbocycles. The molecule has 0 aliphatic carbocycles. The zero-order chi connectivity index (χ0) is 9.84. The van der Waals surface area contributed by atoms with E-state index in [0.29, 0.717) is 10.0 Å². The first kappa shape index (κ1) is 10.8. The molecule has 0 saturated heterocycles. The molecule has 0 amide bonds. The molecule has 1 unspecified atom stereocenters. The van der Waals surface area contributed by atoms with Crippen molar-refractivity contribution in [2.75, 3.05) is 0 Å². The Kier molecular flexibility index (Phi) is 4.04. The molecule has 0 heterocycles. The topological polar surface area (TPSA) is 20.2 Å². The van der Waals surface area contributed by atoms with Gasteiger partial charge < -0.3 is 5.11 Å². The van der Waals surface area contributed by atoms with Gasteiger partial charge in [-0.15, -0.1) is 0 Å². The van der Waals surface area contributed by atoms with Crippen molar-refractivity contribution in [2.45, 2.75) is 25.9 Å². The number of benzene rings is 1. The van der Waals surface area contributed by atoms with Gasteiger partial charge in [-0.1, -0.05) is 23.2 Å². The Hall–Kier alpha value is -0.240. The molecule has 13 heavy (non-hydrogen) atoms.